The van der Waals surface area contributed by atoms with Gasteiger partial charge in [-0.3, -0.25) is 24.6 Å². The van der Waals surface area contributed by atoms with Crippen LogP contribution in [-0.4, -0.2) is 92.1 Å². The third-order valence-electron chi connectivity index (χ3n) is 8.53. The average molecular weight is 801 g/mol. The van der Waals surface area contributed by atoms with Crippen LogP contribution in [0.3, 0.4) is 0 Å². The Hall–Kier alpha value is -5.00. The van der Waals surface area contributed by atoms with Crippen LogP contribution < -0.4 is 16.1 Å². The highest BCUT2D eigenvalue weighted by molar-refractivity contribution is 6.31. The molecule has 18 heteroatoms. The highest BCUT2D eigenvalue weighted by Crippen LogP contribution is 2.29. The van der Waals surface area contributed by atoms with Gasteiger partial charge in [0.25, 0.3) is 5.91 Å². The number of nitrogens with zero attached hydrogens (tertiary/aromatic N) is 4. The third kappa shape index (κ3) is 11.7. The number of carbonyl (C=O) groups excluding carboxylic acids is 3. The second-order valence-corrected chi connectivity index (χ2v) is 14.2. The largest absolute Gasteiger partial charge is 0.476 e. The number of aryl methyl sites for hydroxylation is 1. The molecule has 296 valence electrons. The normalized spacial score (nSPS) is 14.4. The molecule has 6 rings (SSSR count). The number of benzene rings is 2. The summed E-state index contributed by atoms with van der Waals surface area (Å²) in [7, 11) is 3.07. The third-order valence-corrected chi connectivity index (χ3v) is 9.00. The summed E-state index contributed by atoms with van der Waals surface area (Å²) in [5, 5.41) is 30.8. The van der Waals surface area contributed by atoms with Gasteiger partial charge < -0.3 is 25.5 Å². The van der Waals surface area contributed by atoms with Gasteiger partial charge in [-0.15, -0.1) is 0 Å². The second-order valence-electron chi connectivity index (χ2n) is 13.3. The highest BCUT2D eigenvalue weighted by Gasteiger charge is 2.33. The molecular weight excluding hydrogens is 753 g/mol. The fourth-order valence-electron chi connectivity index (χ4n) is 5.99. The quantitative estimate of drug-likeness (QED) is 0.107. The monoisotopic (exact) mass is 799 g/mol. The molecule has 55 heavy (non-hydrogen) atoms. The number of urea groups is 1. The van der Waals surface area contributed by atoms with E-state index in [-0.39, 0.29) is 42.0 Å². The fraction of sp³-hybridized carbons (Fsp3) is 0.405. The van der Waals surface area contributed by atoms with Gasteiger partial charge in [0.2, 0.25) is 5.91 Å². The summed E-state index contributed by atoms with van der Waals surface area (Å²) in [5.74, 6) is -1.74. The van der Waals surface area contributed by atoms with Crippen molar-refractivity contribution in [2.45, 2.75) is 72.0 Å². The molecule has 2 aromatic heterocycles. The number of hydroxylamine groups is 3. The molecule has 3 heterocycles. The fourth-order valence-corrected chi connectivity index (χ4v) is 6.37. The molecule has 0 saturated carbocycles. The maximum atomic E-state index is 12.8. The molecule has 1 atom stereocenters. The van der Waals surface area contributed by atoms with Gasteiger partial charge in [0.15, 0.2) is 11.4 Å². The molecule has 0 fully saturated rings. The Labute approximate surface area is 329 Å². The number of carbonyl (C=O) groups is 4. The average Bonchev–Trinajstić information content (AvgIpc) is 3.76. The number of hydrogen-bond acceptors (Lipinski definition) is 9. The summed E-state index contributed by atoms with van der Waals surface area (Å²) in [6, 6.07) is 13.9. The Balaban J connectivity index is 0.000000216. The second kappa shape index (κ2) is 20.1. The molecule has 2 aromatic carbocycles. The number of nitrogens with one attached hydrogen (secondary N) is 5. The number of aromatic carboxylic acids is 1. The number of fused-ring (bicyclic) bond motifs is 2. The van der Waals surface area contributed by atoms with E-state index in [4.69, 9.17) is 33.1 Å². The number of aromatic nitrogens is 4. The molecule has 4 aromatic rings. The SMILES string of the molecule is CON(C(=O)c1n[nH]c2c1CC(C(=O)Nc1cccc(Cl)c1)CC2)C(C)C.CONC(C)C.O=C(O)c1n[nH]c2c1CN(C(=O)Nc1cccc(Cl)c1)CC2. The van der Waals surface area contributed by atoms with E-state index >= 15 is 0 Å². The first-order chi connectivity index (χ1) is 26.2. The van der Waals surface area contributed by atoms with Gasteiger partial charge in [0, 0.05) is 68.9 Å². The van der Waals surface area contributed by atoms with Crippen LogP contribution in [0.5, 0.6) is 0 Å². The number of hydrogen-bond donors (Lipinski definition) is 6. The van der Waals surface area contributed by atoms with E-state index in [2.05, 4.69) is 41.3 Å². The minimum Gasteiger partial charge on any atom is -0.476 e. The van der Waals surface area contributed by atoms with Gasteiger partial charge in [-0.25, -0.2) is 20.1 Å². The molecule has 0 spiro atoms. The Morgan fingerprint density at radius 2 is 1.49 bits per heavy atom. The maximum absolute atomic E-state index is 12.8. The minimum absolute atomic E-state index is 0.0322. The van der Waals surface area contributed by atoms with Crippen molar-refractivity contribution in [1.29, 1.82) is 0 Å². The van der Waals surface area contributed by atoms with Crippen molar-refractivity contribution >= 4 is 58.4 Å². The smallest absolute Gasteiger partial charge is 0.356 e. The van der Waals surface area contributed by atoms with E-state index in [0.29, 0.717) is 70.9 Å². The zero-order chi connectivity index (χ0) is 40.2. The molecule has 1 aliphatic heterocycles. The molecule has 6 N–H and O–H groups in total. The lowest BCUT2D eigenvalue weighted by atomic mass is 9.85. The Kier molecular flexibility index (Phi) is 15.6. The number of carboxylic acid groups (broad SMARTS) is 1. The first-order valence-electron chi connectivity index (χ1n) is 17.6. The molecule has 0 bridgehead atoms. The van der Waals surface area contributed by atoms with Crippen LogP contribution in [0, 0.1) is 5.92 Å². The number of H-pyrrole nitrogens is 2. The minimum atomic E-state index is -1.10. The van der Waals surface area contributed by atoms with Crippen molar-refractivity contribution in [3.63, 3.8) is 0 Å². The first kappa shape index (κ1) is 42.7. The molecule has 2 aliphatic rings. The van der Waals surface area contributed by atoms with Crippen molar-refractivity contribution < 1.29 is 34.0 Å². The highest BCUT2D eigenvalue weighted by atomic mass is 35.5. The predicted molar refractivity (Wildman–Crippen MR) is 208 cm³/mol. The number of amides is 4. The number of carboxylic acids is 1. The van der Waals surface area contributed by atoms with E-state index in [1.165, 1.54) is 12.2 Å². The van der Waals surface area contributed by atoms with E-state index in [1.54, 1.807) is 60.5 Å². The topological polar surface area (TPSA) is 207 Å². The molecular formula is C37H47Cl2N9O7. The van der Waals surface area contributed by atoms with E-state index in [9.17, 15) is 19.2 Å². The van der Waals surface area contributed by atoms with Gasteiger partial charge in [-0.2, -0.15) is 10.2 Å². The van der Waals surface area contributed by atoms with Crippen molar-refractivity contribution in [3.05, 3.63) is 92.5 Å². The lowest BCUT2D eigenvalue weighted by Gasteiger charge is -2.27. The zero-order valence-corrected chi connectivity index (χ0v) is 33.0. The van der Waals surface area contributed by atoms with Crippen LogP contribution in [0.25, 0.3) is 0 Å². The van der Waals surface area contributed by atoms with Crippen LogP contribution in [-0.2, 0) is 40.3 Å². The van der Waals surface area contributed by atoms with Crippen molar-refractivity contribution in [2.24, 2.45) is 5.92 Å². The van der Waals surface area contributed by atoms with Crippen molar-refractivity contribution in [2.75, 3.05) is 31.4 Å². The van der Waals surface area contributed by atoms with Gasteiger partial charge in [0.1, 0.15) is 0 Å². The summed E-state index contributed by atoms with van der Waals surface area (Å²) in [5.41, 5.74) is 7.27. The van der Waals surface area contributed by atoms with E-state index in [0.717, 1.165) is 17.0 Å². The van der Waals surface area contributed by atoms with Crippen LogP contribution in [0.2, 0.25) is 10.0 Å². The van der Waals surface area contributed by atoms with Crippen molar-refractivity contribution in [1.82, 2.24) is 35.8 Å². The number of aromatic amines is 2. The summed E-state index contributed by atoms with van der Waals surface area (Å²) in [4.78, 5) is 60.1. The Morgan fingerprint density at radius 1 is 0.891 bits per heavy atom. The lowest BCUT2D eigenvalue weighted by molar-refractivity contribution is -0.120. The molecule has 1 aliphatic carbocycles. The summed E-state index contributed by atoms with van der Waals surface area (Å²) < 4.78 is 0. The predicted octanol–water partition coefficient (Wildman–Crippen LogP) is 6.12. The van der Waals surface area contributed by atoms with E-state index in [1.807, 2.05) is 27.7 Å². The summed E-state index contributed by atoms with van der Waals surface area (Å²) >= 11 is 11.9. The van der Waals surface area contributed by atoms with Crippen LogP contribution >= 0.6 is 23.2 Å². The first-order valence-corrected chi connectivity index (χ1v) is 18.4. The van der Waals surface area contributed by atoms with Crippen LogP contribution in [0.15, 0.2) is 48.5 Å². The van der Waals surface area contributed by atoms with E-state index < -0.39 is 5.97 Å². The zero-order valence-electron chi connectivity index (χ0n) is 31.5. The Bertz CT molecular complexity index is 1950. The maximum Gasteiger partial charge on any atom is 0.356 e. The summed E-state index contributed by atoms with van der Waals surface area (Å²) in [6.45, 7) is 8.46. The molecule has 1 unspecified atom stereocenters. The standard InChI is InChI=1S/C19H23ClN4O3.C14H13ClN4O3.C4H11NO/c1-11(2)24(27-3)19(26)17-15-9-12(7-8-16(15)22-23-17)18(25)21-14-6-4-5-13(20)10-14;15-8-2-1-3-9(6-8)16-14(22)19-5-4-11-10(7-19)12(13(20)21)18-17-11;1-4(2)5-6-3/h4-6,10-12H,7-9H2,1-3H3,(H,21,25)(H,22,23);1-3,6H,4-5,7H2,(H,16,22)(H,17,18)(H,20,21);4-5H,1-3H3. The summed E-state index contributed by atoms with van der Waals surface area (Å²) in [6.07, 6.45) is 2.35. The van der Waals surface area contributed by atoms with Crippen molar-refractivity contribution in [3.8, 4) is 0 Å². The number of halogens is 2. The molecule has 0 radical (unpaired) electrons. The lowest BCUT2D eigenvalue weighted by Crippen LogP contribution is -2.39. The molecule has 16 nitrogen and oxygen atoms in total. The van der Waals surface area contributed by atoms with Crippen LogP contribution in [0.4, 0.5) is 16.2 Å². The number of rotatable bonds is 9. The number of anilines is 2. The van der Waals surface area contributed by atoms with Gasteiger partial charge in [0.05, 0.1) is 26.8 Å². The van der Waals surface area contributed by atoms with Crippen LogP contribution in [0.1, 0.15) is 77.6 Å². The van der Waals surface area contributed by atoms with Gasteiger partial charge >= 0.3 is 12.0 Å². The van der Waals surface area contributed by atoms with Gasteiger partial charge in [-0.1, -0.05) is 35.3 Å². The molecule has 0 saturated heterocycles. The van der Waals surface area contributed by atoms with Gasteiger partial charge in [-0.05, 0) is 83.4 Å². The molecule has 4 amide bonds. The Morgan fingerprint density at radius 3 is 2.02 bits per heavy atom.